The summed E-state index contributed by atoms with van der Waals surface area (Å²) in [5.41, 5.74) is 0. The van der Waals surface area contributed by atoms with Gasteiger partial charge in [0.15, 0.2) is 0 Å². The molecule has 110 valence electrons. The first-order valence-corrected chi connectivity index (χ1v) is 8.60. The summed E-state index contributed by atoms with van der Waals surface area (Å²) in [5, 5.41) is 6.66. The standard InChI is InChI=1S/C13H22N6S/c1-2-14-11-16-12(15-10-5-8-20-9-10)18-13(17-11)19-6-3-4-7-19/h10H,2-9H2,1H3,(H2,14,15,16,17,18). The summed E-state index contributed by atoms with van der Waals surface area (Å²) in [6.45, 7) is 4.98. The zero-order valence-electron chi connectivity index (χ0n) is 11.9. The van der Waals surface area contributed by atoms with Gasteiger partial charge >= 0.3 is 0 Å². The van der Waals surface area contributed by atoms with Crippen LogP contribution in [0.2, 0.25) is 0 Å². The fourth-order valence-electron chi connectivity index (χ4n) is 2.56. The molecule has 20 heavy (non-hydrogen) atoms. The second kappa shape index (κ2) is 6.47. The lowest BCUT2D eigenvalue weighted by Gasteiger charge is -2.18. The van der Waals surface area contributed by atoms with Crippen LogP contribution in [0.3, 0.4) is 0 Å². The van der Waals surface area contributed by atoms with Crippen molar-refractivity contribution in [1.82, 2.24) is 15.0 Å². The van der Waals surface area contributed by atoms with Crippen LogP contribution in [-0.4, -0.2) is 52.1 Å². The van der Waals surface area contributed by atoms with E-state index >= 15 is 0 Å². The quantitative estimate of drug-likeness (QED) is 0.858. The molecule has 7 heteroatoms. The molecule has 0 bridgehead atoms. The van der Waals surface area contributed by atoms with Gasteiger partial charge in [0, 0.05) is 31.4 Å². The zero-order valence-corrected chi connectivity index (χ0v) is 12.7. The van der Waals surface area contributed by atoms with Gasteiger partial charge in [0.25, 0.3) is 0 Å². The summed E-state index contributed by atoms with van der Waals surface area (Å²) in [5.74, 6) is 4.56. The molecule has 1 unspecified atom stereocenters. The third-order valence-electron chi connectivity index (χ3n) is 3.61. The van der Waals surface area contributed by atoms with E-state index in [4.69, 9.17) is 0 Å². The molecule has 0 aromatic carbocycles. The van der Waals surface area contributed by atoms with Crippen molar-refractivity contribution in [3.8, 4) is 0 Å². The molecule has 2 saturated heterocycles. The largest absolute Gasteiger partial charge is 0.354 e. The average molecular weight is 294 g/mol. The summed E-state index contributed by atoms with van der Waals surface area (Å²) in [6.07, 6.45) is 3.64. The minimum atomic E-state index is 0.489. The van der Waals surface area contributed by atoms with Gasteiger partial charge in [-0.25, -0.2) is 0 Å². The second-order valence-electron chi connectivity index (χ2n) is 5.21. The first-order valence-electron chi connectivity index (χ1n) is 7.44. The fourth-order valence-corrected chi connectivity index (χ4v) is 3.71. The highest BCUT2D eigenvalue weighted by molar-refractivity contribution is 7.99. The number of aromatic nitrogens is 3. The predicted octanol–water partition coefficient (Wildman–Crippen LogP) is 1.82. The summed E-state index contributed by atoms with van der Waals surface area (Å²) in [7, 11) is 0. The van der Waals surface area contributed by atoms with Crippen molar-refractivity contribution in [2.45, 2.75) is 32.2 Å². The molecule has 2 fully saturated rings. The number of rotatable bonds is 5. The smallest absolute Gasteiger partial charge is 0.231 e. The highest BCUT2D eigenvalue weighted by Crippen LogP contribution is 2.22. The maximum atomic E-state index is 4.60. The number of hydrogen-bond donors (Lipinski definition) is 2. The summed E-state index contributed by atoms with van der Waals surface area (Å²) in [4.78, 5) is 15.9. The van der Waals surface area contributed by atoms with Crippen molar-refractivity contribution in [3.63, 3.8) is 0 Å². The van der Waals surface area contributed by atoms with Crippen molar-refractivity contribution in [1.29, 1.82) is 0 Å². The van der Waals surface area contributed by atoms with Crippen molar-refractivity contribution in [2.75, 3.05) is 46.7 Å². The number of hydrogen-bond acceptors (Lipinski definition) is 7. The lowest BCUT2D eigenvalue weighted by molar-refractivity contribution is 0.789. The van der Waals surface area contributed by atoms with Crippen LogP contribution in [0.5, 0.6) is 0 Å². The van der Waals surface area contributed by atoms with Crippen molar-refractivity contribution in [3.05, 3.63) is 0 Å². The third kappa shape index (κ3) is 3.26. The van der Waals surface area contributed by atoms with Crippen LogP contribution in [0.25, 0.3) is 0 Å². The highest BCUT2D eigenvalue weighted by Gasteiger charge is 2.20. The molecule has 2 aliphatic rings. The van der Waals surface area contributed by atoms with Gasteiger partial charge < -0.3 is 15.5 Å². The molecule has 1 atom stereocenters. The van der Waals surface area contributed by atoms with E-state index in [0.717, 1.165) is 31.3 Å². The molecule has 0 saturated carbocycles. The maximum Gasteiger partial charge on any atom is 0.231 e. The van der Waals surface area contributed by atoms with E-state index < -0.39 is 0 Å². The molecule has 3 heterocycles. The highest BCUT2D eigenvalue weighted by atomic mass is 32.2. The Morgan fingerprint density at radius 2 is 2.00 bits per heavy atom. The van der Waals surface area contributed by atoms with E-state index in [1.807, 2.05) is 11.8 Å². The molecule has 3 rings (SSSR count). The Kier molecular flexibility index (Phi) is 4.44. The van der Waals surface area contributed by atoms with Gasteiger partial charge in [0.2, 0.25) is 17.8 Å². The van der Waals surface area contributed by atoms with Crippen molar-refractivity contribution in [2.24, 2.45) is 0 Å². The van der Waals surface area contributed by atoms with Gasteiger partial charge in [-0.05, 0) is 31.9 Å². The van der Waals surface area contributed by atoms with Gasteiger partial charge in [-0.15, -0.1) is 0 Å². The van der Waals surface area contributed by atoms with E-state index in [9.17, 15) is 0 Å². The van der Waals surface area contributed by atoms with Crippen LogP contribution >= 0.6 is 11.8 Å². The van der Waals surface area contributed by atoms with E-state index in [1.165, 1.54) is 25.0 Å². The molecule has 0 radical (unpaired) electrons. The molecular weight excluding hydrogens is 272 g/mol. The van der Waals surface area contributed by atoms with E-state index in [0.29, 0.717) is 17.9 Å². The van der Waals surface area contributed by atoms with E-state index in [-0.39, 0.29) is 0 Å². The average Bonchev–Trinajstić information content (AvgIpc) is 3.11. The van der Waals surface area contributed by atoms with Crippen LogP contribution in [0.4, 0.5) is 17.8 Å². The zero-order chi connectivity index (χ0) is 13.8. The summed E-state index contributed by atoms with van der Waals surface area (Å²) < 4.78 is 0. The molecule has 2 N–H and O–H groups in total. The normalized spacial score (nSPS) is 22.2. The molecule has 0 spiro atoms. The topological polar surface area (TPSA) is 66.0 Å². The van der Waals surface area contributed by atoms with Crippen molar-refractivity contribution < 1.29 is 0 Å². The Hall–Kier alpha value is -1.24. The lowest BCUT2D eigenvalue weighted by Crippen LogP contribution is -2.25. The predicted molar refractivity (Wildman–Crippen MR) is 84.8 cm³/mol. The van der Waals surface area contributed by atoms with Crippen LogP contribution in [0, 0.1) is 0 Å². The number of nitrogens with zero attached hydrogens (tertiary/aromatic N) is 4. The molecule has 0 amide bonds. The van der Waals surface area contributed by atoms with Gasteiger partial charge in [0.05, 0.1) is 0 Å². The Morgan fingerprint density at radius 1 is 1.20 bits per heavy atom. The molecule has 1 aromatic rings. The van der Waals surface area contributed by atoms with Crippen LogP contribution in [0.1, 0.15) is 26.2 Å². The number of anilines is 3. The third-order valence-corrected chi connectivity index (χ3v) is 4.77. The monoisotopic (exact) mass is 294 g/mol. The Labute approximate surface area is 124 Å². The first kappa shape index (κ1) is 13.7. The minimum absolute atomic E-state index is 0.489. The summed E-state index contributed by atoms with van der Waals surface area (Å²) >= 11 is 1.99. The van der Waals surface area contributed by atoms with Crippen LogP contribution in [0.15, 0.2) is 0 Å². The van der Waals surface area contributed by atoms with Crippen molar-refractivity contribution >= 4 is 29.6 Å². The molecule has 2 aliphatic heterocycles. The Balaban J connectivity index is 1.79. The number of thioether (sulfide) groups is 1. The first-order chi connectivity index (χ1) is 9.85. The van der Waals surface area contributed by atoms with E-state index in [1.54, 1.807) is 0 Å². The molecular formula is C13H22N6S. The molecule has 0 aliphatic carbocycles. The van der Waals surface area contributed by atoms with Gasteiger partial charge in [-0.3, -0.25) is 0 Å². The van der Waals surface area contributed by atoms with E-state index in [2.05, 4.69) is 37.4 Å². The fraction of sp³-hybridized carbons (Fsp3) is 0.769. The second-order valence-corrected chi connectivity index (χ2v) is 6.36. The van der Waals surface area contributed by atoms with Crippen LogP contribution in [-0.2, 0) is 0 Å². The lowest BCUT2D eigenvalue weighted by atomic mass is 10.3. The SMILES string of the molecule is CCNc1nc(NC2CCSC2)nc(N2CCCC2)n1. The van der Waals surface area contributed by atoms with Gasteiger partial charge in [0.1, 0.15) is 0 Å². The van der Waals surface area contributed by atoms with Gasteiger partial charge in [-0.2, -0.15) is 26.7 Å². The molecule has 1 aromatic heterocycles. The van der Waals surface area contributed by atoms with Gasteiger partial charge in [-0.1, -0.05) is 0 Å². The van der Waals surface area contributed by atoms with Crippen LogP contribution < -0.4 is 15.5 Å². The molecule has 6 nitrogen and oxygen atoms in total. The Bertz CT molecular complexity index is 442. The Morgan fingerprint density at radius 3 is 2.70 bits per heavy atom. The maximum absolute atomic E-state index is 4.60. The summed E-state index contributed by atoms with van der Waals surface area (Å²) in [6, 6.07) is 0.489. The number of nitrogens with one attached hydrogen (secondary N) is 2. The minimum Gasteiger partial charge on any atom is -0.354 e.